The highest BCUT2D eigenvalue weighted by Crippen LogP contribution is 2.41. The minimum Gasteiger partial charge on any atom is -0.496 e. The van der Waals surface area contributed by atoms with Crippen molar-refractivity contribution in [2.45, 2.75) is 12.5 Å². The predicted octanol–water partition coefficient (Wildman–Crippen LogP) is 4.55. The van der Waals surface area contributed by atoms with E-state index in [1.165, 1.54) is 0 Å². The van der Waals surface area contributed by atoms with Crippen molar-refractivity contribution >= 4 is 16.6 Å². The van der Waals surface area contributed by atoms with Gasteiger partial charge in [0.15, 0.2) is 5.78 Å². The van der Waals surface area contributed by atoms with E-state index in [0.29, 0.717) is 17.7 Å². The molecule has 1 unspecified atom stereocenters. The van der Waals surface area contributed by atoms with E-state index in [9.17, 15) is 4.79 Å². The second-order valence-corrected chi connectivity index (χ2v) is 5.63. The molecule has 3 aromatic carbocycles. The van der Waals surface area contributed by atoms with Gasteiger partial charge in [-0.3, -0.25) is 4.79 Å². The molecule has 0 fully saturated rings. The summed E-state index contributed by atoms with van der Waals surface area (Å²) in [7, 11) is 1.65. The van der Waals surface area contributed by atoms with Crippen LogP contribution in [0.4, 0.5) is 0 Å². The highest BCUT2D eigenvalue weighted by atomic mass is 16.5. The fourth-order valence-corrected chi connectivity index (χ4v) is 3.22. The SMILES string of the molecule is COc1ccc2ccccc2c1C1CC(=O)c2ccccc2O1. The van der Waals surface area contributed by atoms with Gasteiger partial charge >= 0.3 is 0 Å². The molecule has 114 valence electrons. The quantitative estimate of drug-likeness (QED) is 0.696. The standard InChI is InChI=1S/C20H16O3/c1-22-18-11-10-13-6-2-3-7-14(13)20(18)19-12-16(21)15-8-4-5-9-17(15)23-19/h2-11,19H,12H2,1H3. The van der Waals surface area contributed by atoms with Crippen LogP contribution in [0, 0.1) is 0 Å². The summed E-state index contributed by atoms with van der Waals surface area (Å²) in [6, 6.07) is 19.4. The number of para-hydroxylation sites is 1. The molecule has 1 aliphatic rings. The molecule has 0 bridgehead atoms. The van der Waals surface area contributed by atoms with Crippen molar-refractivity contribution in [1.82, 2.24) is 0 Å². The summed E-state index contributed by atoms with van der Waals surface area (Å²) in [6.07, 6.45) is -0.0140. The molecule has 3 nitrogen and oxygen atoms in total. The Bertz CT molecular complexity index is 898. The highest BCUT2D eigenvalue weighted by molar-refractivity contribution is 6.00. The lowest BCUT2D eigenvalue weighted by Gasteiger charge is -2.27. The van der Waals surface area contributed by atoms with Crippen LogP contribution in [0.3, 0.4) is 0 Å². The molecular weight excluding hydrogens is 288 g/mol. The van der Waals surface area contributed by atoms with E-state index >= 15 is 0 Å². The van der Waals surface area contributed by atoms with Gasteiger partial charge in [0.2, 0.25) is 0 Å². The van der Waals surface area contributed by atoms with Crippen molar-refractivity contribution in [3.05, 3.63) is 71.8 Å². The van der Waals surface area contributed by atoms with Gasteiger partial charge in [0.25, 0.3) is 0 Å². The maximum atomic E-state index is 12.5. The molecule has 3 aromatic rings. The van der Waals surface area contributed by atoms with Crippen LogP contribution in [0.1, 0.15) is 28.4 Å². The highest BCUT2D eigenvalue weighted by Gasteiger charge is 2.30. The Labute approximate surface area is 134 Å². The summed E-state index contributed by atoms with van der Waals surface area (Å²) in [4.78, 5) is 12.5. The number of benzene rings is 3. The van der Waals surface area contributed by atoms with E-state index in [-0.39, 0.29) is 11.9 Å². The second kappa shape index (κ2) is 5.43. The third kappa shape index (κ3) is 2.25. The predicted molar refractivity (Wildman–Crippen MR) is 89.3 cm³/mol. The van der Waals surface area contributed by atoms with Crippen LogP contribution in [0.2, 0.25) is 0 Å². The average molecular weight is 304 g/mol. The Balaban J connectivity index is 1.88. The van der Waals surface area contributed by atoms with E-state index in [1.807, 2.05) is 54.6 Å². The monoisotopic (exact) mass is 304 g/mol. The number of fused-ring (bicyclic) bond motifs is 2. The molecule has 0 aliphatic carbocycles. The molecule has 1 heterocycles. The second-order valence-electron chi connectivity index (χ2n) is 5.63. The molecule has 3 heteroatoms. The molecule has 0 saturated carbocycles. The number of ketones is 1. The third-order valence-corrected chi connectivity index (χ3v) is 4.30. The van der Waals surface area contributed by atoms with Crippen molar-refractivity contribution in [2.24, 2.45) is 0 Å². The first kappa shape index (κ1) is 13.8. The van der Waals surface area contributed by atoms with Gasteiger partial charge in [-0.05, 0) is 29.0 Å². The Kier molecular flexibility index (Phi) is 3.27. The number of ether oxygens (including phenoxy) is 2. The van der Waals surface area contributed by atoms with Gasteiger partial charge < -0.3 is 9.47 Å². The molecule has 23 heavy (non-hydrogen) atoms. The molecule has 0 amide bonds. The van der Waals surface area contributed by atoms with Crippen LogP contribution in [0.25, 0.3) is 10.8 Å². The number of hydrogen-bond acceptors (Lipinski definition) is 3. The van der Waals surface area contributed by atoms with Crippen molar-refractivity contribution in [1.29, 1.82) is 0 Å². The first-order valence-electron chi connectivity index (χ1n) is 7.62. The molecule has 0 saturated heterocycles. The number of methoxy groups -OCH3 is 1. The summed E-state index contributed by atoms with van der Waals surface area (Å²) in [5, 5.41) is 2.17. The van der Waals surface area contributed by atoms with Crippen LogP contribution < -0.4 is 9.47 Å². The van der Waals surface area contributed by atoms with E-state index in [0.717, 1.165) is 22.1 Å². The smallest absolute Gasteiger partial charge is 0.170 e. The number of Topliss-reactive ketones (excluding diaryl/α,β-unsaturated/α-hetero) is 1. The molecule has 1 atom stereocenters. The van der Waals surface area contributed by atoms with Crippen LogP contribution in [-0.2, 0) is 0 Å². The number of hydrogen-bond donors (Lipinski definition) is 0. The summed E-state index contributed by atoms with van der Waals surface area (Å²) in [5.74, 6) is 1.50. The molecule has 0 aromatic heterocycles. The lowest BCUT2D eigenvalue weighted by molar-refractivity contribution is 0.0849. The normalized spacial score (nSPS) is 16.7. The van der Waals surface area contributed by atoms with Crippen molar-refractivity contribution in [2.75, 3.05) is 7.11 Å². The largest absolute Gasteiger partial charge is 0.496 e. The zero-order chi connectivity index (χ0) is 15.8. The van der Waals surface area contributed by atoms with Crippen molar-refractivity contribution in [3.8, 4) is 11.5 Å². The van der Waals surface area contributed by atoms with Gasteiger partial charge in [-0.2, -0.15) is 0 Å². The van der Waals surface area contributed by atoms with Gasteiger partial charge in [0.1, 0.15) is 17.6 Å². The minimum absolute atomic E-state index is 0.104. The minimum atomic E-state index is -0.335. The summed E-state index contributed by atoms with van der Waals surface area (Å²) >= 11 is 0. The summed E-state index contributed by atoms with van der Waals surface area (Å²) in [5.41, 5.74) is 1.59. The van der Waals surface area contributed by atoms with Crippen molar-refractivity contribution < 1.29 is 14.3 Å². The topological polar surface area (TPSA) is 35.5 Å². The summed E-state index contributed by atoms with van der Waals surface area (Å²) in [6.45, 7) is 0. The maximum absolute atomic E-state index is 12.5. The first-order chi connectivity index (χ1) is 11.3. The zero-order valence-corrected chi connectivity index (χ0v) is 12.8. The van der Waals surface area contributed by atoms with E-state index in [1.54, 1.807) is 7.11 Å². The van der Waals surface area contributed by atoms with Crippen LogP contribution in [0.5, 0.6) is 11.5 Å². The molecular formula is C20H16O3. The Hall–Kier alpha value is -2.81. The Morgan fingerprint density at radius 1 is 1.00 bits per heavy atom. The lowest BCUT2D eigenvalue weighted by atomic mass is 9.92. The van der Waals surface area contributed by atoms with Gasteiger partial charge in [-0.25, -0.2) is 0 Å². The molecule has 0 N–H and O–H groups in total. The van der Waals surface area contributed by atoms with Crippen LogP contribution in [-0.4, -0.2) is 12.9 Å². The maximum Gasteiger partial charge on any atom is 0.170 e. The van der Waals surface area contributed by atoms with E-state index < -0.39 is 0 Å². The van der Waals surface area contributed by atoms with E-state index in [2.05, 4.69) is 6.07 Å². The molecule has 1 aliphatic heterocycles. The zero-order valence-electron chi connectivity index (χ0n) is 12.8. The first-order valence-corrected chi connectivity index (χ1v) is 7.62. The Morgan fingerprint density at radius 2 is 1.78 bits per heavy atom. The molecule has 4 rings (SSSR count). The van der Waals surface area contributed by atoms with Gasteiger partial charge in [0.05, 0.1) is 19.1 Å². The number of rotatable bonds is 2. The average Bonchev–Trinajstić information content (AvgIpc) is 2.60. The fraction of sp³-hybridized carbons (Fsp3) is 0.150. The van der Waals surface area contributed by atoms with Crippen LogP contribution in [0.15, 0.2) is 60.7 Å². The number of carbonyl (C=O) groups excluding carboxylic acids is 1. The lowest BCUT2D eigenvalue weighted by Crippen LogP contribution is -2.21. The number of carbonyl (C=O) groups is 1. The van der Waals surface area contributed by atoms with Gasteiger partial charge in [-0.15, -0.1) is 0 Å². The Morgan fingerprint density at radius 3 is 2.65 bits per heavy atom. The van der Waals surface area contributed by atoms with E-state index in [4.69, 9.17) is 9.47 Å². The van der Waals surface area contributed by atoms with Crippen LogP contribution >= 0.6 is 0 Å². The molecule has 0 radical (unpaired) electrons. The molecule has 0 spiro atoms. The fourth-order valence-electron chi connectivity index (χ4n) is 3.22. The summed E-state index contributed by atoms with van der Waals surface area (Å²) < 4.78 is 11.7. The van der Waals surface area contributed by atoms with Gasteiger partial charge in [-0.1, -0.05) is 42.5 Å². The third-order valence-electron chi connectivity index (χ3n) is 4.30. The van der Waals surface area contributed by atoms with Crippen molar-refractivity contribution in [3.63, 3.8) is 0 Å². The van der Waals surface area contributed by atoms with Gasteiger partial charge in [0, 0.05) is 5.56 Å².